The molecule has 0 aliphatic carbocycles. The molecule has 0 bridgehead atoms. The molecule has 0 aromatic heterocycles. The van der Waals surface area contributed by atoms with E-state index in [1.54, 1.807) is 0 Å². The summed E-state index contributed by atoms with van der Waals surface area (Å²) in [6.07, 6.45) is 0. The second-order valence-corrected chi connectivity index (χ2v) is 2.32. The molecule has 1 heterocycles. The van der Waals surface area contributed by atoms with Gasteiger partial charge in [-0.15, -0.1) is 0 Å². The number of hydrogen-bond acceptors (Lipinski definition) is 3. The van der Waals surface area contributed by atoms with E-state index < -0.39 is 0 Å². The fourth-order valence-corrected chi connectivity index (χ4v) is 0.781. The fourth-order valence-electron chi connectivity index (χ4n) is 0.781. The molecule has 0 atom stereocenters. The van der Waals surface area contributed by atoms with Gasteiger partial charge in [0, 0.05) is 6.92 Å². The molecule has 0 saturated carbocycles. The molecule has 0 fully saturated rings. The smallest absolute Gasteiger partial charge is 0.180 e. The van der Waals surface area contributed by atoms with Gasteiger partial charge in [-0.2, -0.15) is 10.2 Å². The van der Waals surface area contributed by atoms with E-state index in [-0.39, 0.29) is 5.78 Å². The highest BCUT2D eigenvalue weighted by atomic mass is 16.1. The molecule has 0 N–H and O–H groups in total. The number of Topliss-reactive ketones (excluding diaryl/α,β-unsaturated/α-hetero) is 1. The van der Waals surface area contributed by atoms with Crippen molar-refractivity contribution in [2.45, 2.75) is 20.8 Å². The van der Waals surface area contributed by atoms with Gasteiger partial charge >= 0.3 is 0 Å². The lowest BCUT2D eigenvalue weighted by molar-refractivity contribution is -0.113. The van der Waals surface area contributed by atoms with Gasteiger partial charge in [0.1, 0.15) is 11.7 Å². The third-order valence-electron chi connectivity index (χ3n) is 1.53. The SMILES string of the molecule is C[C]1N=NC(C(C)=O)=C1C. The summed E-state index contributed by atoms with van der Waals surface area (Å²) in [4.78, 5) is 10.8. The minimum Gasteiger partial charge on any atom is -0.293 e. The zero-order valence-electron chi connectivity index (χ0n) is 6.30. The van der Waals surface area contributed by atoms with E-state index in [9.17, 15) is 4.79 Å². The predicted octanol–water partition coefficient (Wildman–Crippen LogP) is 1.87. The van der Waals surface area contributed by atoms with E-state index in [1.165, 1.54) is 6.92 Å². The van der Waals surface area contributed by atoms with Crippen LogP contribution >= 0.6 is 0 Å². The normalized spacial score (nSPS) is 18.7. The second kappa shape index (κ2) is 2.33. The van der Waals surface area contributed by atoms with Crippen LogP contribution in [0.5, 0.6) is 0 Å². The lowest BCUT2D eigenvalue weighted by Crippen LogP contribution is -1.95. The number of nitrogens with zero attached hydrogens (tertiary/aromatic N) is 2. The van der Waals surface area contributed by atoms with E-state index in [2.05, 4.69) is 10.2 Å². The predicted molar refractivity (Wildman–Crippen MR) is 37.2 cm³/mol. The molecule has 1 radical (unpaired) electrons. The molecule has 0 saturated heterocycles. The van der Waals surface area contributed by atoms with E-state index >= 15 is 0 Å². The van der Waals surface area contributed by atoms with Crippen LogP contribution in [0.15, 0.2) is 21.5 Å². The monoisotopic (exact) mass is 137 g/mol. The Morgan fingerprint density at radius 2 is 1.90 bits per heavy atom. The first-order chi connectivity index (χ1) is 4.63. The Morgan fingerprint density at radius 3 is 2.10 bits per heavy atom. The minimum atomic E-state index is -0.0156. The van der Waals surface area contributed by atoms with E-state index in [0.717, 1.165) is 11.6 Å². The topological polar surface area (TPSA) is 41.8 Å². The Labute approximate surface area is 59.8 Å². The number of hydrogen-bond donors (Lipinski definition) is 0. The van der Waals surface area contributed by atoms with Crippen LogP contribution in [0.1, 0.15) is 20.8 Å². The summed E-state index contributed by atoms with van der Waals surface area (Å²) in [5, 5.41) is 7.48. The van der Waals surface area contributed by atoms with Crippen molar-refractivity contribution in [1.29, 1.82) is 0 Å². The summed E-state index contributed by atoms with van der Waals surface area (Å²) >= 11 is 0. The third-order valence-corrected chi connectivity index (χ3v) is 1.53. The summed E-state index contributed by atoms with van der Waals surface area (Å²) in [5.41, 5.74) is 1.39. The van der Waals surface area contributed by atoms with Gasteiger partial charge in [0.05, 0.1) is 0 Å². The molecule has 0 unspecified atom stereocenters. The molecular weight excluding hydrogens is 128 g/mol. The average Bonchev–Trinajstić information content (AvgIpc) is 2.14. The molecule has 3 heteroatoms. The van der Waals surface area contributed by atoms with Crippen LogP contribution in [0.25, 0.3) is 0 Å². The Kier molecular flexibility index (Phi) is 1.66. The average molecular weight is 137 g/mol. The third kappa shape index (κ3) is 0.988. The van der Waals surface area contributed by atoms with Crippen molar-refractivity contribution in [1.82, 2.24) is 0 Å². The van der Waals surface area contributed by atoms with Crippen molar-refractivity contribution >= 4 is 5.78 Å². The second-order valence-electron chi connectivity index (χ2n) is 2.32. The molecule has 53 valence electrons. The summed E-state index contributed by atoms with van der Waals surface area (Å²) in [6, 6.07) is 0.838. The van der Waals surface area contributed by atoms with Gasteiger partial charge in [-0.25, -0.2) is 0 Å². The van der Waals surface area contributed by atoms with Crippen LogP contribution in [0.4, 0.5) is 0 Å². The Morgan fingerprint density at radius 1 is 1.30 bits per heavy atom. The molecule has 1 aliphatic rings. The summed E-state index contributed by atoms with van der Waals surface area (Å²) in [7, 11) is 0. The number of carbonyl (C=O) groups excluding carboxylic acids is 1. The molecule has 0 aromatic carbocycles. The van der Waals surface area contributed by atoms with Gasteiger partial charge in [0.15, 0.2) is 5.78 Å². The van der Waals surface area contributed by atoms with Crippen LogP contribution in [-0.4, -0.2) is 5.78 Å². The largest absolute Gasteiger partial charge is 0.293 e. The van der Waals surface area contributed by atoms with Crippen molar-refractivity contribution in [3.05, 3.63) is 17.3 Å². The number of azo groups is 1. The lowest BCUT2D eigenvalue weighted by atomic mass is 10.1. The van der Waals surface area contributed by atoms with Gasteiger partial charge in [-0.05, 0) is 19.4 Å². The zero-order valence-corrected chi connectivity index (χ0v) is 6.30. The molecule has 0 aromatic rings. The van der Waals surface area contributed by atoms with Gasteiger partial charge in [-0.1, -0.05) is 0 Å². The molecule has 10 heavy (non-hydrogen) atoms. The summed E-state index contributed by atoms with van der Waals surface area (Å²) in [6.45, 7) is 5.19. The van der Waals surface area contributed by atoms with Crippen LogP contribution in [-0.2, 0) is 4.79 Å². The van der Waals surface area contributed by atoms with Crippen LogP contribution < -0.4 is 0 Å². The highest BCUT2D eigenvalue weighted by Crippen LogP contribution is 2.26. The van der Waals surface area contributed by atoms with E-state index in [0.29, 0.717) is 5.70 Å². The maximum atomic E-state index is 10.8. The van der Waals surface area contributed by atoms with Crippen molar-refractivity contribution in [2.24, 2.45) is 10.2 Å². The molecular formula is C7H9N2O. The molecule has 1 rings (SSSR count). The Hall–Kier alpha value is -0.990. The van der Waals surface area contributed by atoms with Crippen molar-refractivity contribution in [3.8, 4) is 0 Å². The highest BCUT2D eigenvalue weighted by molar-refractivity contribution is 5.94. The van der Waals surface area contributed by atoms with Gasteiger partial charge in [-0.3, -0.25) is 4.79 Å². The van der Waals surface area contributed by atoms with E-state index in [4.69, 9.17) is 0 Å². The molecule has 1 aliphatic heterocycles. The highest BCUT2D eigenvalue weighted by Gasteiger charge is 2.18. The first-order valence-electron chi connectivity index (χ1n) is 3.10. The number of rotatable bonds is 1. The van der Waals surface area contributed by atoms with Crippen molar-refractivity contribution in [3.63, 3.8) is 0 Å². The van der Waals surface area contributed by atoms with Gasteiger partial charge in [0.25, 0.3) is 0 Å². The van der Waals surface area contributed by atoms with Crippen molar-refractivity contribution in [2.75, 3.05) is 0 Å². The minimum absolute atomic E-state index is 0.0156. The molecule has 0 spiro atoms. The van der Waals surface area contributed by atoms with E-state index in [1.807, 2.05) is 13.8 Å². The van der Waals surface area contributed by atoms with Crippen LogP contribution in [0, 0.1) is 6.04 Å². The summed E-state index contributed by atoms with van der Waals surface area (Å²) < 4.78 is 0. The quantitative estimate of drug-likeness (QED) is 0.544. The Bertz CT molecular complexity index is 228. The molecule has 0 amide bonds. The van der Waals surface area contributed by atoms with Gasteiger partial charge < -0.3 is 0 Å². The first kappa shape index (κ1) is 7.12. The molecule has 3 nitrogen and oxygen atoms in total. The maximum Gasteiger partial charge on any atom is 0.180 e. The van der Waals surface area contributed by atoms with Crippen LogP contribution in [0.3, 0.4) is 0 Å². The Balaban J connectivity index is 2.96. The first-order valence-corrected chi connectivity index (χ1v) is 3.10. The number of carbonyl (C=O) groups is 1. The van der Waals surface area contributed by atoms with Crippen LogP contribution in [0.2, 0.25) is 0 Å². The zero-order chi connectivity index (χ0) is 7.72. The number of allylic oxidation sites excluding steroid dienone is 1. The fraction of sp³-hybridized carbons (Fsp3) is 0.429. The standard InChI is InChI=1S/C7H9N2O/c1-4-5(2)8-9-7(4)6(3)10/h1-3H3. The maximum absolute atomic E-state index is 10.8. The van der Waals surface area contributed by atoms with Gasteiger partial charge in [0.2, 0.25) is 0 Å². The van der Waals surface area contributed by atoms with Crippen molar-refractivity contribution < 1.29 is 4.79 Å². The number of ketones is 1. The lowest BCUT2D eigenvalue weighted by Gasteiger charge is -1.95. The summed E-state index contributed by atoms with van der Waals surface area (Å²) in [5.74, 6) is -0.0156.